The fourth-order valence-corrected chi connectivity index (χ4v) is 7.94. The van der Waals surface area contributed by atoms with Gasteiger partial charge in [0.25, 0.3) is 5.91 Å². The number of rotatable bonds is 29. The zero-order chi connectivity index (χ0) is 44.9. The van der Waals surface area contributed by atoms with Crippen molar-refractivity contribution in [3.8, 4) is 5.75 Å². The minimum absolute atomic E-state index is 0.00576. The molecular formula is C40H54F4N6O11S. The van der Waals surface area contributed by atoms with E-state index >= 15 is 0 Å². The van der Waals surface area contributed by atoms with Crippen LogP contribution in [0.2, 0.25) is 0 Å². The zero-order valence-electron chi connectivity index (χ0n) is 34.6. The van der Waals surface area contributed by atoms with Crippen molar-refractivity contribution in [2.24, 2.45) is 0 Å². The molecule has 4 atom stereocenters. The van der Waals surface area contributed by atoms with Gasteiger partial charge in [0.2, 0.25) is 29.2 Å². The highest BCUT2D eigenvalue weighted by atomic mass is 32.2. The first kappa shape index (κ1) is 49.9. The maximum Gasteiger partial charge on any atom is 0.343 e. The molecule has 0 spiro atoms. The molecule has 6 N–H and O–H groups in total. The number of anilines is 1. The van der Waals surface area contributed by atoms with Crippen LogP contribution in [0.1, 0.15) is 65.7 Å². The highest BCUT2D eigenvalue weighted by Crippen LogP contribution is 2.33. The molecule has 2 saturated heterocycles. The third-order valence-electron chi connectivity index (χ3n) is 9.59. The second-order valence-electron chi connectivity index (χ2n) is 14.1. The van der Waals surface area contributed by atoms with Crippen molar-refractivity contribution in [3.05, 3.63) is 58.7 Å². The van der Waals surface area contributed by atoms with Crippen molar-refractivity contribution in [3.63, 3.8) is 0 Å². The van der Waals surface area contributed by atoms with Gasteiger partial charge in [-0.15, -0.1) is 0 Å². The van der Waals surface area contributed by atoms with E-state index < -0.39 is 46.9 Å². The number of halogens is 4. The fraction of sp³-hybridized carbons (Fsp3) is 0.575. The van der Waals surface area contributed by atoms with E-state index in [4.69, 9.17) is 19.1 Å². The number of hydrogen-bond donors (Lipinski definition) is 6. The average Bonchev–Trinajstić information content (AvgIpc) is 3.82. The molecule has 2 fully saturated rings. The summed E-state index contributed by atoms with van der Waals surface area (Å²) in [6, 6.07) is 3.10. The Morgan fingerprint density at radius 1 is 0.806 bits per heavy atom. The maximum absolute atomic E-state index is 14.0. The van der Waals surface area contributed by atoms with Gasteiger partial charge in [0.05, 0.1) is 57.8 Å². The summed E-state index contributed by atoms with van der Waals surface area (Å²) >= 11 is 1.83. The van der Waals surface area contributed by atoms with Gasteiger partial charge in [-0.05, 0) is 43.9 Å². The van der Waals surface area contributed by atoms with Gasteiger partial charge >= 0.3 is 12.0 Å². The summed E-state index contributed by atoms with van der Waals surface area (Å²) in [5, 5.41) is 17.2. The van der Waals surface area contributed by atoms with Crippen LogP contribution < -0.4 is 36.6 Å². The molecule has 22 heteroatoms. The molecule has 2 aliphatic heterocycles. The molecule has 2 heterocycles. The van der Waals surface area contributed by atoms with E-state index in [0.29, 0.717) is 70.7 Å². The molecule has 0 radical (unpaired) electrons. The van der Waals surface area contributed by atoms with E-state index in [1.54, 1.807) is 0 Å². The number of nitrogens with one attached hydrogen (secondary N) is 6. The number of fused-ring (bicyclic) bond motifs is 1. The van der Waals surface area contributed by atoms with Gasteiger partial charge in [-0.2, -0.15) is 20.5 Å². The van der Waals surface area contributed by atoms with Crippen LogP contribution in [0.15, 0.2) is 24.3 Å². The van der Waals surface area contributed by atoms with Gasteiger partial charge in [0.1, 0.15) is 6.04 Å². The van der Waals surface area contributed by atoms with Crippen LogP contribution in [0.4, 0.5) is 28.0 Å². The van der Waals surface area contributed by atoms with Crippen LogP contribution in [-0.2, 0) is 33.6 Å². The van der Waals surface area contributed by atoms with Crippen molar-refractivity contribution in [1.82, 2.24) is 26.6 Å². The Labute approximate surface area is 360 Å². The summed E-state index contributed by atoms with van der Waals surface area (Å²) in [5.41, 5.74) is -0.0218. The Kier molecular flexibility index (Phi) is 21.5. The number of hydrogen-bond acceptors (Lipinski definition) is 13. The third-order valence-corrected chi connectivity index (χ3v) is 11.1. The number of urea groups is 1. The summed E-state index contributed by atoms with van der Waals surface area (Å²) in [6.07, 6.45) is 3.86. The molecular weight excluding hydrogens is 849 g/mol. The van der Waals surface area contributed by atoms with Crippen molar-refractivity contribution >= 4 is 47.2 Å². The van der Waals surface area contributed by atoms with Gasteiger partial charge < -0.3 is 50.8 Å². The standard InChI is InChI=1S/C40H54F4N6O11S/c1-45-26-20-24(19-25(21-26)39(54)61-36-33(43)27(41)22-28(42)34(36)44)37(52)46-10-5-12-57-15-17-59-18-16-58-13-6-11-47-38(53)29(9-14-60-56-2)48-32(51)8-4-3-7-31-35-30(23-62-31)49-40(55)50-35/h19-22,29-31,35,45H,3-18,23H2,1-2H3,(H,46,52)(H,47,53)(H,48,51)(H2,49,50,55). The first-order chi connectivity index (χ1) is 29.9. The number of carbonyl (C=O) groups is 5. The SMILES string of the molecule is CNc1cc(C(=O)NCCCOCCOCCOCCCNC(=O)C(CCOOC)NC(=O)CCCCC2SCC3NC(=O)NC32)cc(C(=O)Oc2c(F)c(F)cc(F)c2F)c1. The molecule has 4 unspecified atom stereocenters. The van der Waals surface area contributed by atoms with E-state index in [0.717, 1.165) is 24.7 Å². The van der Waals surface area contributed by atoms with Crippen LogP contribution in [0.3, 0.4) is 0 Å². The number of amides is 5. The van der Waals surface area contributed by atoms with Gasteiger partial charge in [-0.25, -0.2) is 28.1 Å². The van der Waals surface area contributed by atoms with Crippen LogP contribution in [0, 0.1) is 23.3 Å². The molecule has 62 heavy (non-hydrogen) atoms. The molecule has 2 aromatic carbocycles. The zero-order valence-corrected chi connectivity index (χ0v) is 35.4. The minimum atomic E-state index is -1.88. The van der Waals surface area contributed by atoms with Crippen molar-refractivity contribution in [2.45, 2.75) is 68.3 Å². The van der Waals surface area contributed by atoms with Crippen molar-refractivity contribution < 1.29 is 70.3 Å². The van der Waals surface area contributed by atoms with Gasteiger partial charge in [-0.3, -0.25) is 14.4 Å². The summed E-state index contributed by atoms with van der Waals surface area (Å²) in [6.45, 7) is 2.56. The normalized spacial score (nSPS) is 17.1. The number of thioether (sulfide) groups is 1. The molecule has 4 rings (SSSR count). The lowest BCUT2D eigenvalue weighted by Crippen LogP contribution is -2.47. The molecule has 2 aromatic rings. The molecule has 0 aliphatic carbocycles. The second-order valence-corrected chi connectivity index (χ2v) is 15.4. The summed E-state index contributed by atoms with van der Waals surface area (Å²) in [5.74, 6) is -10.4. The van der Waals surface area contributed by atoms with Crippen LogP contribution in [0.5, 0.6) is 5.75 Å². The average molecular weight is 903 g/mol. The lowest BCUT2D eigenvalue weighted by Gasteiger charge is -2.19. The van der Waals surface area contributed by atoms with Gasteiger partial charge in [0, 0.05) is 74.5 Å². The van der Waals surface area contributed by atoms with Crippen LogP contribution in [-0.4, -0.2) is 132 Å². The van der Waals surface area contributed by atoms with Gasteiger partial charge in [0.15, 0.2) is 11.6 Å². The monoisotopic (exact) mass is 902 g/mol. The molecule has 0 aromatic heterocycles. The van der Waals surface area contributed by atoms with Gasteiger partial charge in [-0.1, -0.05) is 6.42 Å². The highest BCUT2D eigenvalue weighted by Gasteiger charge is 2.42. The predicted octanol–water partition coefficient (Wildman–Crippen LogP) is 3.36. The Balaban J connectivity index is 1.00. The Bertz CT molecular complexity index is 1790. The Morgan fingerprint density at radius 2 is 1.45 bits per heavy atom. The summed E-state index contributed by atoms with van der Waals surface area (Å²) < 4.78 is 76.3. The first-order valence-corrected chi connectivity index (χ1v) is 21.3. The molecule has 5 amide bonds. The Morgan fingerprint density at radius 3 is 2.11 bits per heavy atom. The molecule has 0 saturated carbocycles. The maximum atomic E-state index is 14.0. The lowest BCUT2D eigenvalue weighted by atomic mass is 10.0. The Hall–Kier alpha value is -4.74. The highest BCUT2D eigenvalue weighted by molar-refractivity contribution is 8.00. The van der Waals surface area contributed by atoms with Crippen molar-refractivity contribution in [1.29, 1.82) is 0 Å². The molecule has 0 bridgehead atoms. The smallest absolute Gasteiger partial charge is 0.343 e. The van der Waals surface area contributed by atoms with Crippen LogP contribution >= 0.6 is 11.8 Å². The number of ether oxygens (including phenoxy) is 4. The molecule has 2 aliphatic rings. The summed E-state index contributed by atoms with van der Waals surface area (Å²) in [7, 11) is 2.87. The van der Waals surface area contributed by atoms with Crippen LogP contribution in [0.25, 0.3) is 0 Å². The van der Waals surface area contributed by atoms with E-state index in [9.17, 15) is 41.5 Å². The topological polar surface area (TPSA) is 213 Å². The third kappa shape index (κ3) is 16.2. The molecule has 344 valence electrons. The van der Waals surface area contributed by atoms with Crippen molar-refractivity contribution in [2.75, 3.05) is 84.6 Å². The number of esters is 1. The predicted molar refractivity (Wildman–Crippen MR) is 218 cm³/mol. The largest absolute Gasteiger partial charge is 0.416 e. The second kappa shape index (κ2) is 26.7. The van der Waals surface area contributed by atoms with E-state index in [-0.39, 0.29) is 78.8 Å². The fourth-order valence-electron chi connectivity index (χ4n) is 6.40. The number of benzene rings is 2. The number of unbranched alkanes of at least 4 members (excludes halogenated alkanes) is 1. The minimum Gasteiger partial charge on any atom is -0.416 e. The van der Waals surface area contributed by atoms with E-state index in [1.807, 2.05) is 11.8 Å². The van der Waals surface area contributed by atoms with E-state index in [1.165, 1.54) is 26.3 Å². The lowest BCUT2D eigenvalue weighted by molar-refractivity contribution is -0.273. The molecule has 17 nitrogen and oxygen atoms in total. The van der Waals surface area contributed by atoms with E-state index in [2.05, 4.69) is 41.5 Å². The summed E-state index contributed by atoms with van der Waals surface area (Å²) in [4.78, 5) is 72.0. The number of carbonyl (C=O) groups excluding carboxylic acids is 5. The quantitative estimate of drug-likeness (QED) is 0.0101. The first-order valence-electron chi connectivity index (χ1n) is 20.2.